The normalized spacial score (nSPS) is 10.2. The van der Waals surface area contributed by atoms with Crippen molar-refractivity contribution in [3.8, 4) is 0 Å². The maximum atomic E-state index is 4.04. The second-order valence-electron chi connectivity index (χ2n) is 1.56. The van der Waals surface area contributed by atoms with Crippen molar-refractivity contribution in [3.05, 3.63) is 22.3 Å². The molecule has 0 aliphatic rings. The molecule has 2 heterocycles. The van der Waals surface area contributed by atoms with Crippen LogP contribution in [0.15, 0.2) is 12.4 Å². The van der Waals surface area contributed by atoms with E-state index in [0.29, 0.717) is 0 Å². The van der Waals surface area contributed by atoms with Gasteiger partial charge in [0, 0.05) is 0 Å². The Morgan fingerprint density at radius 2 is 1.67 bits per heavy atom. The molecule has 0 aromatic carbocycles. The number of rotatable bonds is 0. The van der Waals surface area contributed by atoms with E-state index in [1.54, 1.807) is 12.4 Å². The molecule has 0 saturated carbocycles. The van der Waals surface area contributed by atoms with E-state index in [9.17, 15) is 0 Å². The fourth-order valence-corrected chi connectivity index (χ4v) is 1.75. The molecule has 2 aromatic heterocycles. The molecule has 2 aromatic rings. The number of aromatic nitrogens is 2. The van der Waals surface area contributed by atoms with Crippen molar-refractivity contribution in [2.75, 3.05) is 0 Å². The van der Waals surface area contributed by atoms with Gasteiger partial charge >= 0.3 is 57.8 Å². The van der Waals surface area contributed by atoms with Crippen LogP contribution < -0.4 is 0 Å². The Hall–Kier alpha value is -0.661. The van der Waals surface area contributed by atoms with Crippen molar-refractivity contribution in [1.29, 1.82) is 0 Å². The molecular formula is C6H2N2Se. The molecule has 0 aliphatic carbocycles. The average Bonchev–Trinajstić information content (AvgIpc) is 2.33. The molecule has 2 nitrogen and oxygen atoms in total. The van der Waals surface area contributed by atoms with Gasteiger partial charge in [-0.15, -0.1) is 0 Å². The van der Waals surface area contributed by atoms with Crippen LogP contribution in [-0.2, 0) is 0 Å². The molecule has 0 bridgehead atoms. The first-order valence-corrected chi connectivity index (χ1v) is 4.17. The zero-order chi connectivity index (χ0) is 6.10. The third-order valence-corrected chi connectivity index (χ3v) is 2.23. The van der Waals surface area contributed by atoms with Gasteiger partial charge in [-0.25, -0.2) is 0 Å². The second kappa shape index (κ2) is 1.94. The Morgan fingerprint density at radius 3 is 2.22 bits per heavy atom. The first kappa shape index (κ1) is 5.15. The SMILES string of the molecule is [c]1[se][c]c2nccnc12. The zero-order valence-electron chi connectivity index (χ0n) is 4.46. The van der Waals surface area contributed by atoms with E-state index in [1.807, 2.05) is 0 Å². The summed E-state index contributed by atoms with van der Waals surface area (Å²) in [5.41, 5.74) is 1.75. The van der Waals surface area contributed by atoms with E-state index in [-0.39, 0.29) is 14.5 Å². The van der Waals surface area contributed by atoms with Gasteiger partial charge < -0.3 is 0 Å². The molecule has 0 N–H and O–H groups in total. The molecule has 0 fully saturated rings. The van der Waals surface area contributed by atoms with Crippen LogP contribution in [0.25, 0.3) is 11.0 Å². The van der Waals surface area contributed by atoms with Crippen LogP contribution in [0, 0.1) is 9.88 Å². The predicted molar refractivity (Wildman–Crippen MR) is 34.2 cm³/mol. The monoisotopic (exact) mass is 182 g/mol. The summed E-state index contributed by atoms with van der Waals surface area (Å²) in [4.78, 5) is 14.2. The van der Waals surface area contributed by atoms with E-state index >= 15 is 0 Å². The number of hydrogen-bond acceptors (Lipinski definition) is 2. The van der Waals surface area contributed by atoms with Crippen molar-refractivity contribution in [3.63, 3.8) is 0 Å². The third kappa shape index (κ3) is 0.784. The van der Waals surface area contributed by atoms with E-state index in [0.717, 1.165) is 11.0 Å². The fraction of sp³-hybridized carbons (Fsp3) is 0. The first-order valence-electron chi connectivity index (χ1n) is 2.46. The summed E-state index contributed by atoms with van der Waals surface area (Å²) in [5.74, 6) is 0. The van der Waals surface area contributed by atoms with Crippen molar-refractivity contribution < 1.29 is 0 Å². The average molecular weight is 181 g/mol. The Labute approximate surface area is 58.3 Å². The van der Waals surface area contributed by atoms with Crippen LogP contribution in [-0.4, -0.2) is 24.5 Å². The number of fused-ring (bicyclic) bond motifs is 1. The fourth-order valence-electron chi connectivity index (χ4n) is 0.610. The third-order valence-electron chi connectivity index (χ3n) is 0.994. The standard InChI is InChI=1S/C6H2N2Se/c1-2-8-6-4-9-3-5(6)7-1/h1-2H. The summed E-state index contributed by atoms with van der Waals surface area (Å²) in [6, 6.07) is 0. The summed E-state index contributed by atoms with van der Waals surface area (Å²) < 4.78 is 0. The van der Waals surface area contributed by atoms with Crippen molar-refractivity contribution in [1.82, 2.24) is 9.97 Å². The van der Waals surface area contributed by atoms with Crippen molar-refractivity contribution >= 4 is 25.5 Å². The molecule has 0 atom stereocenters. The van der Waals surface area contributed by atoms with Crippen LogP contribution in [0.2, 0.25) is 0 Å². The summed E-state index contributed by atoms with van der Waals surface area (Å²) in [6.45, 7) is 0. The van der Waals surface area contributed by atoms with Gasteiger partial charge in [0.1, 0.15) is 0 Å². The van der Waals surface area contributed by atoms with Crippen molar-refractivity contribution in [2.45, 2.75) is 0 Å². The first-order chi connectivity index (χ1) is 4.47. The molecule has 42 valence electrons. The van der Waals surface area contributed by atoms with Gasteiger partial charge in [-0.2, -0.15) is 0 Å². The molecule has 0 spiro atoms. The molecule has 0 saturated heterocycles. The van der Waals surface area contributed by atoms with Gasteiger partial charge in [0.05, 0.1) is 0 Å². The van der Waals surface area contributed by atoms with E-state index in [1.165, 1.54) is 0 Å². The summed E-state index contributed by atoms with van der Waals surface area (Å²) in [6.07, 6.45) is 3.35. The summed E-state index contributed by atoms with van der Waals surface area (Å²) >= 11 is 0.254. The van der Waals surface area contributed by atoms with Crippen LogP contribution >= 0.6 is 0 Å². The van der Waals surface area contributed by atoms with Gasteiger partial charge in [0.2, 0.25) is 0 Å². The quantitative estimate of drug-likeness (QED) is 0.546. The van der Waals surface area contributed by atoms with E-state index in [4.69, 9.17) is 0 Å². The van der Waals surface area contributed by atoms with E-state index in [2.05, 4.69) is 19.8 Å². The van der Waals surface area contributed by atoms with Crippen LogP contribution in [0.1, 0.15) is 0 Å². The number of nitrogens with zero attached hydrogens (tertiary/aromatic N) is 2. The summed E-state index contributed by atoms with van der Waals surface area (Å²) in [7, 11) is 0. The van der Waals surface area contributed by atoms with E-state index < -0.39 is 0 Å². The molecule has 2 radical (unpaired) electrons. The van der Waals surface area contributed by atoms with Gasteiger partial charge in [-0.1, -0.05) is 0 Å². The Morgan fingerprint density at radius 1 is 1.11 bits per heavy atom. The zero-order valence-corrected chi connectivity index (χ0v) is 6.17. The molecule has 2 rings (SSSR count). The van der Waals surface area contributed by atoms with Gasteiger partial charge in [0.25, 0.3) is 0 Å². The Kier molecular flexibility index (Phi) is 1.11. The minimum absolute atomic E-state index is 0.254. The molecule has 9 heavy (non-hydrogen) atoms. The number of hydrogen-bond donors (Lipinski definition) is 0. The van der Waals surface area contributed by atoms with Crippen LogP contribution in [0.5, 0.6) is 0 Å². The molecule has 3 heteroatoms. The molecular weight excluding hydrogens is 179 g/mol. The van der Waals surface area contributed by atoms with Gasteiger partial charge in [-0.3, -0.25) is 0 Å². The van der Waals surface area contributed by atoms with Crippen LogP contribution in [0.4, 0.5) is 0 Å². The molecule has 0 aliphatic heterocycles. The molecule has 0 amide bonds. The molecule has 0 unspecified atom stereocenters. The van der Waals surface area contributed by atoms with Gasteiger partial charge in [0.15, 0.2) is 0 Å². The van der Waals surface area contributed by atoms with Crippen molar-refractivity contribution in [2.24, 2.45) is 0 Å². The maximum absolute atomic E-state index is 4.04. The van der Waals surface area contributed by atoms with Crippen LogP contribution in [0.3, 0.4) is 0 Å². The topological polar surface area (TPSA) is 25.8 Å². The minimum atomic E-state index is 0.254. The Bertz CT molecular complexity index is 285. The second-order valence-corrected chi connectivity index (χ2v) is 2.84. The Balaban J connectivity index is 2.95. The predicted octanol–water partition coefficient (Wildman–Crippen LogP) is 0.287. The summed E-state index contributed by atoms with van der Waals surface area (Å²) in [5, 5.41) is 0. The van der Waals surface area contributed by atoms with Gasteiger partial charge in [-0.05, 0) is 0 Å².